The van der Waals surface area contributed by atoms with Crippen LogP contribution >= 0.6 is 11.6 Å². The van der Waals surface area contributed by atoms with Crippen molar-refractivity contribution in [1.82, 2.24) is 4.98 Å². The Bertz CT molecular complexity index is 646. The van der Waals surface area contributed by atoms with Crippen LogP contribution in [0.4, 0.5) is 11.4 Å². The van der Waals surface area contributed by atoms with Crippen molar-refractivity contribution < 1.29 is 9.66 Å². The van der Waals surface area contributed by atoms with Crippen LogP contribution in [-0.4, -0.2) is 9.91 Å². The Hall–Kier alpha value is -2.34. The Balaban J connectivity index is 2.26. The van der Waals surface area contributed by atoms with E-state index in [-0.39, 0.29) is 10.7 Å². The molecule has 2 aromatic rings. The van der Waals surface area contributed by atoms with E-state index in [0.29, 0.717) is 23.0 Å². The number of aromatic nitrogens is 1. The second kappa shape index (κ2) is 5.11. The molecule has 98 valence electrons. The molecule has 0 saturated carbocycles. The van der Waals surface area contributed by atoms with Gasteiger partial charge in [0.2, 0.25) is 5.88 Å². The van der Waals surface area contributed by atoms with E-state index in [4.69, 9.17) is 22.1 Å². The maximum Gasteiger partial charge on any atom is 0.288 e. The van der Waals surface area contributed by atoms with E-state index in [2.05, 4.69) is 4.98 Å². The van der Waals surface area contributed by atoms with E-state index in [9.17, 15) is 10.1 Å². The first-order valence-corrected chi connectivity index (χ1v) is 5.70. The molecule has 0 bridgehead atoms. The predicted molar refractivity (Wildman–Crippen MR) is 71.6 cm³/mol. The molecule has 7 heteroatoms. The fraction of sp³-hybridized carbons (Fsp3) is 0.0833. The molecular formula is C12H10ClN3O3. The Labute approximate surface area is 113 Å². The normalized spacial score (nSPS) is 10.2. The highest BCUT2D eigenvalue weighted by Crippen LogP contribution is 2.30. The summed E-state index contributed by atoms with van der Waals surface area (Å²) < 4.78 is 5.46. The zero-order chi connectivity index (χ0) is 14.0. The molecule has 0 amide bonds. The van der Waals surface area contributed by atoms with Gasteiger partial charge in [0.15, 0.2) is 0 Å². The van der Waals surface area contributed by atoms with E-state index < -0.39 is 4.92 Å². The number of ether oxygens (including phenoxy) is 1. The smallest absolute Gasteiger partial charge is 0.288 e. The Morgan fingerprint density at radius 1 is 1.37 bits per heavy atom. The standard InChI is InChI=1S/C12H10ClN3O3/c1-7-10(14)3-5-12(15-7)19-8-2-4-11(16(17)18)9(13)6-8/h2-6H,14H2,1H3. The monoisotopic (exact) mass is 279 g/mol. The highest BCUT2D eigenvalue weighted by molar-refractivity contribution is 6.32. The molecule has 0 spiro atoms. The number of nitrogens with two attached hydrogens (primary N) is 1. The van der Waals surface area contributed by atoms with Crippen molar-refractivity contribution in [1.29, 1.82) is 0 Å². The first-order valence-electron chi connectivity index (χ1n) is 5.32. The number of hydrogen-bond donors (Lipinski definition) is 1. The minimum Gasteiger partial charge on any atom is -0.439 e. The molecule has 1 heterocycles. The lowest BCUT2D eigenvalue weighted by Crippen LogP contribution is -1.95. The predicted octanol–water partition coefficient (Wildman–Crippen LogP) is 3.33. The zero-order valence-electron chi connectivity index (χ0n) is 9.96. The van der Waals surface area contributed by atoms with Gasteiger partial charge in [0, 0.05) is 18.2 Å². The van der Waals surface area contributed by atoms with Gasteiger partial charge in [-0.05, 0) is 19.1 Å². The van der Waals surface area contributed by atoms with Crippen LogP contribution < -0.4 is 10.5 Å². The lowest BCUT2D eigenvalue weighted by atomic mass is 10.3. The van der Waals surface area contributed by atoms with Crippen LogP contribution in [0.3, 0.4) is 0 Å². The van der Waals surface area contributed by atoms with Gasteiger partial charge < -0.3 is 10.5 Å². The number of nitro benzene ring substituents is 1. The lowest BCUT2D eigenvalue weighted by molar-refractivity contribution is -0.384. The van der Waals surface area contributed by atoms with Crippen molar-refractivity contribution in [3.05, 3.63) is 51.2 Å². The highest BCUT2D eigenvalue weighted by atomic mass is 35.5. The zero-order valence-corrected chi connectivity index (χ0v) is 10.7. The second-order valence-corrected chi connectivity index (χ2v) is 4.20. The largest absolute Gasteiger partial charge is 0.439 e. The summed E-state index contributed by atoms with van der Waals surface area (Å²) >= 11 is 5.79. The number of nitrogen functional groups attached to an aromatic ring is 1. The number of pyridine rings is 1. The average molecular weight is 280 g/mol. The molecule has 0 aliphatic rings. The maximum absolute atomic E-state index is 10.6. The summed E-state index contributed by atoms with van der Waals surface area (Å²) in [4.78, 5) is 14.2. The quantitative estimate of drug-likeness (QED) is 0.687. The summed E-state index contributed by atoms with van der Waals surface area (Å²) in [6, 6.07) is 7.38. The number of benzene rings is 1. The average Bonchev–Trinajstić information content (AvgIpc) is 2.33. The summed E-state index contributed by atoms with van der Waals surface area (Å²) in [5, 5.41) is 10.6. The lowest BCUT2D eigenvalue weighted by Gasteiger charge is -2.07. The first kappa shape index (κ1) is 13.1. The van der Waals surface area contributed by atoms with Crippen molar-refractivity contribution in [3.8, 4) is 11.6 Å². The van der Waals surface area contributed by atoms with Gasteiger partial charge in [0.25, 0.3) is 5.69 Å². The number of nitro groups is 1. The van der Waals surface area contributed by atoms with Gasteiger partial charge in [0.1, 0.15) is 10.8 Å². The van der Waals surface area contributed by atoms with Gasteiger partial charge in [-0.3, -0.25) is 10.1 Å². The van der Waals surface area contributed by atoms with Gasteiger partial charge in [-0.25, -0.2) is 4.98 Å². The molecule has 1 aromatic carbocycles. The molecule has 0 aliphatic heterocycles. The van der Waals surface area contributed by atoms with Gasteiger partial charge in [-0.15, -0.1) is 0 Å². The fourth-order valence-corrected chi connectivity index (χ4v) is 1.67. The second-order valence-electron chi connectivity index (χ2n) is 3.80. The Morgan fingerprint density at radius 3 is 2.68 bits per heavy atom. The topological polar surface area (TPSA) is 91.3 Å². The summed E-state index contributed by atoms with van der Waals surface area (Å²) in [5.41, 5.74) is 6.68. The molecule has 0 saturated heterocycles. The summed E-state index contributed by atoms with van der Waals surface area (Å²) in [7, 11) is 0. The minimum atomic E-state index is -0.558. The van der Waals surface area contributed by atoms with Crippen LogP contribution in [0.5, 0.6) is 11.6 Å². The van der Waals surface area contributed by atoms with Crippen LogP contribution in [0.1, 0.15) is 5.69 Å². The number of anilines is 1. The van der Waals surface area contributed by atoms with E-state index in [0.717, 1.165) is 0 Å². The van der Waals surface area contributed by atoms with Crippen molar-refractivity contribution >= 4 is 23.0 Å². The molecule has 1 aromatic heterocycles. The van der Waals surface area contributed by atoms with Gasteiger partial charge in [-0.2, -0.15) is 0 Å². The minimum absolute atomic E-state index is 0.00895. The molecule has 0 aliphatic carbocycles. The molecule has 0 unspecified atom stereocenters. The van der Waals surface area contributed by atoms with E-state index in [1.807, 2.05) is 0 Å². The number of hydrogen-bond acceptors (Lipinski definition) is 5. The van der Waals surface area contributed by atoms with Crippen LogP contribution in [0.2, 0.25) is 5.02 Å². The van der Waals surface area contributed by atoms with Crippen LogP contribution in [0.25, 0.3) is 0 Å². The molecule has 0 fully saturated rings. The summed E-state index contributed by atoms with van der Waals surface area (Å²) in [6.45, 7) is 1.75. The highest BCUT2D eigenvalue weighted by Gasteiger charge is 2.13. The van der Waals surface area contributed by atoms with Crippen molar-refractivity contribution in [2.75, 3.05) is 5.73 Å². The van der Waals surface area contributed by atoms with Crippen LogP contribution in [-0.2, 0) is 0 Å². The summed E-state index contributed by atoms with van der Waals surface area (Å²) in [5.74, 6) is 0.712. The van der Waals surface area contributed by atoms with Crippen LogP contribution in [0.15, 0.2) is 30.3 Å². The Kier molecular flexibility index (Phi) is 3.52. The number of halogens is 1. The third-order valence-electron chi connectivity index (χ3n) is 2.44. The number of nitrogens with zero attached hydrogens (tertiary/aromatic N) is 2. The molecule has 2 rings (SSSR count). The number of rotatable bonds is 3. The van der Waals surface area contributed by atoms with Gasteiger partial charge in [-0.1, -0.05) is 11.6 Å². The molecule has 6 nitrogen and oxygen atoms in total. The van der Waals surface area contributed by atoms with E-state index in [1.54, 1.807) is 19.1 Å². The molecule has 0 atom stereocenters. The van der Waals surface area contributed by atoms with E-state index >= 15 is 0 Å². The number of aryl methyl sites for hydroxylation is 1. The van der Waals surface area contributed by atoms with E-state index in [1.165, 1.54) is 18.2 Å². The van der Waals surface area contributed by atoms with Crippen LogP contribution in [0, 0.1) is 17.0 Å². The molecule has 19 heavy (non-hydrogen) atoms. The van der Waals surface area contributed by atoms with Crippen molar-refractivity contribution in [2.45, 2.75) is 6.92 Å². The van der Waals surface area contributed by atoms with Gasteiger partial charge in [0.05, 0.1) is 16.3 Å². The van der Waals surface area contributed by atoms with Crippen molar-refractivity contribution in [2.24, 2.45) is 0 Å². The molecule has 0 radical (unpaired) electrons. The third-order valence-corrected chi connectivity index (χ3v) is 2.74. The SMILES string of the molecule is Cc1nc(Oc2ccc([N+](=O)[O-])c(Cl)c2)ccc1N. The first-order chi connectivity index (χ1) is 8.97. The molecule has 2 N–H and O–H groups in total. The summed E-state index contributed by atoms with van der Waals surface area (Å²) in [6.07, 6.45) is 0. The molecular weight excluding hydrogens is 270 g/mol. The maximum atomic E-state index is 10.6. The Morgan fingerprint density at radius 2 is 2.11 bits per heavy atom. The third kappa shape index (κ3) is 2.92. The van der Waals surface area contributed by atoms with Crippen molar-refractivity contribution in [3.63, 3.8) is 0 Å². The van der Waals surface area contributed by atoms with Gasteiger partial charge >= 0.3 is 0 Å². The fourth-order valence-electron chi connectivity index (χ4n) is 1.43.